The second-order valence-corrected chi connectivity index (χ2v) is 2.10. The molecule has 11 heavy (non-hydrogen) atoms. The fraction of sp³-hybridized carbons (Fsp3) is 0.667. The van der Waals surface area contributed by atoms with E-state index in [1.165, 1.54) is 0 Å². The van der Waals surface area contributed by atoms with Crippen LogP contribution in [0.5, 0.6) is 0 Å². The third-order valence-corrected chi connectivity index (χ3v) is 1.05. The van der Waals surface area contributed by atoms with E-state index in [0.717, 1.165) is 12.8 Å². The number of unbranched alkanes of at least 4 members (excludes halogenated alkanes) is 1. The molecule has 0 aromatic rings. The van der Waals surface area contributed by atoms with Gasteiger partial charge in [-0.1, -0.05) is 13.3 Å². The highest BCUT2D eigenvalue weighted by Gasteiger charge is 2.00. The van der Waals surface area contributed by atoms with Gasteiger partial charge in [0.05, 0.1) is 0 Å². The first kappa shape index (κ1) is 9.74. The summed E-state index contributed by atoms with van der Waals surface area (Å²) in [6, 6.07) is -1.37. The Labute approximate surface area is 65.3 Å². The smallest absolute Gasteiger partial charge is 0.322 e. The zero-order chi connectivity index (χ0) is 8.69. The van der Waals surface area contributed by atoms with Crippen molar-refractivity contribution in [1.82, 2.24) is 10.6 Å². The molecule has 0 aliphatic rings. The van der Waals surface area contributed by atoms with Gasteiger partial charge in [-0.2, -0.15) is 0 Å². The molecule has 0 bridgehead atoms. The van der Waals surface area contributed by atoms with Crippen molar-refractivity contribution in [3.8, 4) is 0 Å². The first-order valence-electron chi connectivity index (χ1n) is 3.51. The highest BCUT2D eigenvalue weighted by molar-refractivity contribution is 5.92. The van der Waals surface area contributed by atoms with Crippen molar-refractivity contribution in [3.05, 3.63) is 0 Å². The minimum Gasteiger partial charge on any atom is -0.351 e. The summed E-state index contributed by atoms with van der Waals surface area (Å²) >= 11 is 0. The molecule has 0 spiro atoms. The van der Waals surface area contributed by atoms with Gasteiger partial charge >= 0.3 is 12.1 Å². The van der Waals surface area contributed by atoms with Gasteiger partial charge in [-0.25, -0.2) is 9.59 Å². The fourth-order valence-electron chi connectivity index (χ4n) is 0.535. The number of carbonyl (C=O) groups excluding carboxylic acids is 2. The quantitative estimate of drug-likeness (QED) is 0.512. The molecule has 5 heteroatoms. The van der Waals surface area contributed by atoms with Crippen LogP contribution in [-0.4, -0.2) is 18.6 Å². The van der Waals surface area contributed by atoms with Crippen molar-refractivity contribution in [1.29, 1.82) is 0 Å². The van der Waals surface area contributed by atoms with Crippen LogP contribution in [0.15, 0.2) is 0 Å². The molecule has 4 N–H and O–H groups in total. The van der Waals surface area contributed by atoms with Crippen molar-refractivity contribution in [2.75, 3.05) is 6.54 Å². The predicted molar refractivity (Wildman–Crippen MR) is 41.0 cm³/mol. The van der Waals surface area contributed by atoms with Crippen molar-refractivity contribution >= 4 is 12.1 Å². The number of urea groups is 2. The van der Waals surface area contributed by atoms with Crippen LogP contribution < -0.4 is 16.4 Å². The second kappa shape index (κ2) is 5.52. The number of nitrogens with two attached hydrogens (primary N) is 1. The lowest BCUT2D eigenvalue weighted by atomic mass is 10.3. The number of carbonyl (C=O) groups is 2. The van der Waals surface area contributed by atoms with Crippen LogP contribution in [0.2, 0.25) is 0 Å². The summed E-state index contributed by atoms with van der Waals surface area (Å²) in [7, 11) is 0. The molecule has 0 aromatic carbocycles. The topological polar surface area (TPSA) is 84.2 Å². The number of rotatable bonds is 3. The van der Waals surface area contributed by atoms with Crippen LogP contribution in [0.25, 0.3) is 0 Å². The van der Waals surface area contributed by atoms with Gasteiger partial charge in [0.25, 0.3) is 0 Å². The monoisotopic (exact) mass is 159 g/mol. The standard InChI is InChI=1S/C6H13N3O2/c1-2-3-4-8-6(11)9-5(7)10/h2-4H2,1H3,(H4,7,8,9,10,11). The van der Waals surface area contributed by atoms with E-state index in [2.05, 4.69) is 11.1 Å². The van der Waals surface area contributed by atoms with Crippen molar-refractivity contribution in [2.45, 2.75) is 19.8 Å². The summed E-state index contributed by atoms with van der Waals surface area (Å²) < 4.78 is 0. The lowest BCUT2D eigenvalue weighted by Gasteiger charge is -2.02. The fourth-order valence-corrected chi connectivity index (χ4v) is 0.535. The molecule has 0 radical (unpaired) electrons. The number of hydrogen-bond acceptors (Lipinski definition) is 2. The summed E-state index contributed by atoms with van der Waals surface area (Å²) in [4.78, 5) is 20.7. The Morgan fingerprint density at radius 2 is 2.09 bits per heavy atom. The summed E-state index contributed by atoms with van der Waals surface area (Å²) in [6.07, 6.45) is 1.89. The van der Waals surface area contributed by atoms with Crippen LogP contribution in [-0.2, 0) is 0 Å². The average molecular weight is 159 g/mol. The minimum absolute atomic E-state index is 0.536. The lowest BCUT2D eigenvalue weighted by Crippen LogP contribution is -2.42. The number of hydrogen-bond donors (Lipinski definition) is 3. The van der Waals surface area contributed by atoms with E-state index in [4.69, 9.17) is 0 Å². The van der Waals surface area contributed by atoms with Gasteiger partial charge in [-0.3, -0.25) is 5.32 Å². The summed E-state index contributed by atoms with van der Waals surface area (Å²) in [5, 5.41) is 4.35. The van der Waals surface area contributed by atoms with Gasteiger partial charge < -0.3 is 11.1 Å². The maximum Gasteiger partial charge on any atom is 0.322 e. The van der Waals surface area contributed by atoms with Gasteiger partial charge in [-0.05, 0) is 6.42 Å². The molecular weight excluding hydrogens is 146 g/mol. The van der Waals surface area contributed by atoms with Crippen molar-refractivity contribution in [2.24, 2.45) is 5.73 Å². The van der Waals surface area contributed by atoms with Gasteiger partial charge in [0.2, 0.25) is 0 Å². The average Bonchev–Trinajstić information content (AvgIpc) is 1.86. The number of imide groups is 1. The van der Waals surface area contributed by atoms with E-state index in [-0.39, 0.29) is 0 Å². The second-order valence-electron chi connectivity index (χ2n) is 2.10. The van der Waals surface area contributed by atoms with E-state index >= 15 is 0 Å². The Morgan fingerprint density at radius 1 is 1.45 bits per heavy atom. The highest BCUT2D eigenvalue weighted by Crippen LogP contribution is 1.81. The van der Waals surface area contributed by atoms with E-state index in [9.17, 15) is 9.59 Å². The normalized spacial score (nSPS) is 8.82. The summed E-state index contributed by atoms with van der Waals surface area (Å²) in [5.41, 5.74) is 4.69. The van der Waals surface area contributed by atoms with Gasteiger partial charge in [0, 0.05) is 6.54 Å². The van der Waals surface area contributed by atoms with Crippen LogP contribution in [0.3, 0.4) is 0 Å². The molecule has 0 saturated heterocycles. The molecule has 0 aromatic heterocycles. The molecule has 0 fully saturated rings. The molecule has 0 rings (SSSR count). The lowest BCUT2D eigenvalue weighted by molar-refractivity contribution is 0.231. The molecule has 0 atom stereocenters. The number of nitrogens with one attached hydrogen (secondary N) is 2. The minimum atomic E-state index is -0.834. The van der Waals surface area contributed by atoms with Crippen molar-refractivity contribution < 1.29 is 9.59 Å². The Bertz CT molecular complexity index is 147. The molecular formula is C6H13N3O2. The number of amides is 4. The third-order valence-electron chi connectivity index (χ3n) is 1.05. The van der Waals surface area contributed by atoms with E-state index in [0.29, 0.717) is 6.54 Å². The Balaban J connectivity index is 3.30. The maximum atomic E-state index is 10.6. The number of primary amides is 1. The van der Waals surface area contributed by atoms with Crippen LogP contribution >= 0.6 is 0 Å². The van der Waals surface area contributed by atoms with Crippen LogP contribution in [0.4, 0.5) is 9.59 Å². The van der Waals surface area contributed by atoms with Crippen LogP contribution in [0, 0.1) is 0 Å². The molecule has 64 valence electrons. The van der Waals surface area contributed by atoms with Crippen molar-refractivity contribution in [3.63, 3.8) is 0 Å². The van der Waals surface area contributed by atoms with E-state index in [1.807, 2.05) is 12.2 Å². The largest absolute Gasteiger partial charge is 0.351 e. The summed E-state index contributed by atoms with van der Waals surface area (Å²) in [6.45, 7) is 2.57. The third kappa shape index (κ3) is 6.63. The summed E-state index contributed by atoms with van der Waals surface area (Å²) in [5.74, 6) is 0. The predicted octanol–water partition coefficient (Wildman–Crippen LogP) is 0.164. The molecule has 4 amide bonds. The molecule has 0 aliphatic heterocycles. The molecule has 0 saturated carbocycles. The van der Waals surface area contributed by atoms with Crippen LogP contribution in [0.1, 0.15) is 19.8 Å². The molecule has 0 unspecified atom stereocenters. The first-order valence-corrected chi connectivity index (χ1v) is 3.51. The zero-order valence-corrected chi connectivity index (χ0v) is 6.52. The first-order chi connectivity index (χ1) is 5.16. The molecule has 0 heterocycles. The van der Waals surface area contributed by atoms with E-state index in [1.54, 1.807) is 0 Å². The van der Waals surface area contributed by atoms with E-state index < -0.39 is 12.1 Å². The van der Waals surface area contributed by atoms with Gasteiger partial charge in [0.1, 0.15) is 0 Å². The highest BCUT2D eigenvalue weighted by atomic mass is 16.2. The Kier molecular flexibility index (Phi) is 4.89. The Hall–Kier alpha value is -1.26. The zero-order valence-electron chi connectivity index (χ0n) is 6.52. The van der Waals surface area contributed by atoms with Gasteiger partial charge in [0.15, 0.2) is 0 Å². The molecule has 5 nitrogen and oxygen atoms in total. The maximum absolute atomic E-state index is 10.6. The SMILES string of the molecule is CCCCNC(=O)NC(N)=O. The van der Waals surface area contributed by atoms with Gasteiger partial charge in [-0.15, -0.1) is 0 Å². The Morgan fingerprint density at radius 3 is 2.55 bits per heavy atom. The molecule has 0 aliphatic carbocycles.